The van der Waals surface area contributed by atoms with Gasteiger partial charge in [0.2, 0.25) is 0 Å². The van der Waals surface area contributed by atoms with Gasteiger partial charge in [-0.05, 0) is 42.2 Å². The van der Waals surface area contributed by atoms with Crippen LogP contribution >= 0.6 is 15.9 Å². The Bertz CT molecular complexity index is 577. The van der Waals surface area contributed by atoms with E-state index in [1.807, 2.05) is 0 Å². The summed E-state index contributed by atoms with van der Waals surface area (Å²) in [4.78, 5) is 0. The summed E-state index contributed by atoms with van der Waals surface area (Å²) in [7, 11) is 0. The maximum atomic E-state index is 3.57. The Balaban J connectivity index is 1.68. The lowest BCUT2D eigenvalue weighted by molar-refractivity contribution is 0.635. The van der Waals surface area contributed by atoms with Crippen LogP contribution in [-0.4, -0.2) is 6.54 Å². The number of anilines is 1. The third-order valence-corrected chi connectivity index (χ3v) is 4.19. The third-order valence-electron chi connectivity index (χ3n) is 3.70. The minimum atomic E-state index is 0.666. The molecule has 2 heteroatoms. The molecule has 0 saturated carbocycles. The molecule has 1 aliphatic rings. The van der Waals surface area contributed by atoms with Crippen molar-refractivity contribution in [3.05, 3.63) is 63.6 Å². The molecule has 0 spiro atoms. The number of fused-ring (bicyclic) bond motifs is 1. The average Bonchev–Trinajstić information content (AvgIpc) is 2.34. The van der Waals surface area contributed by atoms with Crippen molar-refractivity contribution in [2.75, 3.05) is 11.9 Å². The van der Waals surface area contributed by atoms with Crippen LogP contribution in [0.3, 0.4) is 0 Å². The van der Waals surface area contributed by atoms with E-state index in [9.17, 15) is 0 Å². The van der Waals surface area contributed by atoms with Gasteiger partial charge in [0.25, 0.3) is 0 Å². The molecule has 1 N–H and O–H groups in total. The van der Waals surface area contributed by atoms with Crippen molar-refractivity contribution in [3.63, 3.8) is 0 Å². The van der Waals surface area contributed by atoms with Crippen LogP contribution in [0.5, 0.6) is 0 Å². The van der Waals surface area contributed by atoms with Crippen molar-refractivity contribution in [3.8, 4) is 0 Å². The molecule has 1 unspecified atom stereocenters. The Labute approximate surface area is 116 Å². The van der Waals surface area contributed by atoms with E-state index in [1.54, 1.807) is 0 Å². The number of benzene rings is 2. The molecule has 0 fully saturated rings. The van der Waals surface area contributed by atoms with Gasteiger partial charge in [0.1, 0.15) is 0 Å². The van der Waals surface area contributed by atoms with Crippen LogP contribution in [0.2, 0.25) is 0 Å². The van der Waals surface area contributed by atoms with Crippen molar-refractivity contribution in [2.24, 2.45) is 0 Å². The van der Waals surface area contributed by atoms with Crippen LogP contribution in [0.15, 0.2) is 46.9 Å². The number of rotatable bonds is 3. The van der Waals surface area contributed by atoms with Crippen molar-refractivity contribution in [1.29, 1.82) is 0 Å². The number of hydrogen-bond donors (Lipinski definition) is 1. The van der Waals surface area contributed by atoms with Gasteiger partial charge in [-0.1, -0.05) is 46.3 Å². The molecule has 0 aliphatic heterocycles. The highest BCUT2D eigenvalue weighted by Crippen LogP contribution is 2.35. The molecule has 0 amide bonds. The second-order valence-corrected chi connectivity index (χ2v) is 5.86. The first-order valence-electron chi connectivity index (χ1n) is 6.32. The first-order chi connectivity index (χ1) is 8.74. The first kappa shape index (κ1) is 11.8. The van der Waals surface area contributed by atoms with Crippen LogP contribution in [0, 0.1) is 6.92 Å². The van der Waals surface area contributed by atoms with E-state index in [0.29, 0.717) is 5.92 Å². The van der Waals surface area contributed by atoms with Gasteiger partial charge >= 0.3 is 0 Å². The number of hydrogen-bond acceptors (Lipinski definition) is 1. The van der Waals surface area contributed by atoms with Crippen molar-refractivity contribution in [1.82, 2.24) is 0 Å². The fourth-order valence-corrected chi connectivity index (χ4v) is 2.92. The standard InChI is InChI=1S/C16H16BrN/c1-11-6-7-14(17)9-16(11)18-10-13-8-12-4-2-3-5-15(12)13/h2-7,9,13,18H,8,10H2,1H3. The summed E-state index contributed by atoms with van der Waals surface area (Å²) in [6.07, 6.45) is 1.20. The van der Waals surface area contributed by atoms with Crippen LogP contribution in [0.4, 0.5) is 5.69 Å². The summed E-state index contributed by atoms with van der Waals surface area (Å²) in [6.45, 7) is 3.16. The van der Waals surface area contributed by atoms with E-state index in [4.69, 9.17) is 0 Å². The fraction of sp³-hybridized carbons (Fsp3) is 0.250. The maximum absolute atomic E-state index is 3.57. The van der Waals surface area contributed by atoms with Gasteiger partial charge < -0.3 is 5.32 Å². The zero-order valence-corrected chi connectivity index (χ0v) is 12.0. The van der Waals surface area contributed by atoms with Gasteiger partial charge in [0.15, 0.2) is 0 Å². The molecule has 0 radical (unpaired) electrons. The molecule has 3 rings (SSSR count). The minimum Gasteiger partial charge on any atom is -0.384 e. The summed E-state index contributed by atoms with van der Waals surface area (Å²) >= 11 is 3.52. The van der Waals surface area contributed by atoms with E-state index >= 15 is 0 Å². The zero-order chi connectivity index (χ0) is 12.5. The van der Waals surface area contributed by atoms with E-state index in [1.165, 1.54) is 28.8 Å². The number of aryl methyl sites for hydroxylation is 1. The second kappa shape index (κ2) is 4.77. The molecular weight excluding hydrogens is 286 g/mol. The molecule has 92 valence electrons. The largest absolute Gasteiger partial charge is 0.384 e. The fourth-order valence-electron chi connectivity index (χ4n) is 2.56. The molecule has 1 aliphatic carbocycles. The van der Waals surface area contributed by atoms with E-state index in [-0.39, 0.29) is 0 Å². The summed E-state index contributed by atoms with van der Waals surface area (Å²) in [5.74, 6) is 0.666. The van der Waals surface area contributed by atoms with Crippen LogP contribution in [0.25, 0.3) is 0 Å². The molecule has 2 aromatic carbocycles. The topological polar surface area (TPSA) is 12.0 Å². The van der Waals surface area contributed by atoms with Crippen molar-refractivity contribution >= 4 is 21.6 Å². The predicted octanol–water partition coefficient (Wildman–Crippen LogP) is 4.51. The Morgan fingerprint density at radius 2 is 2.06 bits per heavy atom. The number of nitrogens with one attached hydrogen (secondary N) is 1. The van der Waals surface area contributed by atoms with Gasteiger partial charge in [-0.3, -0.25) is 0 Å². The molecule has 1 nitrogen and oxygen atoms in total. The zero-order valence-electron chi connectivity index (χ0n) is 10.4. The predicted molar refractivity (Wildman–Crippen MR) is 80.3 cm³/mol. The van der Waals surface area contributed by atoms with E-state index in [2.05, 4.69) is 70.6 Å². The monoisotopic (exact) mass is 301 g/mol. The Morgan fingerprint density at radius 1 is 1.22 bits per heavy atom. The molecule has 0 heterocycles. The van der Waals surface area contributed by atoms with E-state index < -0.39 is 0 Å². The number of halogens is 1. The summed E-state index contributed by atoms with van der Waals surface area (Å²) in [5.41, 5.74) is 5.55. The van der Waals surface area contributed by atoms with E-state index in [0.717, 1.165) is 11.0 Å². The normalized spacial score (nSPS) is 16.9. The highest BCUT2D eigenvalue weighted by atomic mass is 79.9. The average molecular weight is 302 g/mol. The van der Waals surface area contributed by atoms with Crippen molar-refractivity contribution in [2.45, 2.75) is 19.3 Å². The van der Waals surface area contributed by atoms with Crippen molar-refractivity contribution < 1.29 is 0 Å². The molecule has 2 aromatic rings. The highest BCUT2D eigenvalue weighted by Gasteiger charge is 2.24. The van der Waals surface area contributed by atoms with Crippen LogP contribution < -0.4 is 5.32 Å². The minimum absolute atomic E-state index is 0.666. The summed E-state index contributed by atoms with van der Waals surface area (Å²) < 4.78 is 1.13. The SMILES string of the molecule is Cc1ccc(Br)cc1NCC1Cc2ccccc21. The quantitative estimate of drug-likeness (QED) is 0.879. The van der Waals surface area contributed by atoms with Gasteiger partial charge in [-0.2, -0.15) is 0 Å². The summed E-state index contributed by atoms with van der Waals surface area (Å²) in [6, 6.07) is 15.1. The third kappa shape index (κ3) is 2.17. The Hall–Kier alpha value is -1.28. The lowest BCUT2D eigenvalue weighted by atomic mass is 9.77. The van der Waals surface area contributed by atoms with Gasteiger partial charge in [-0.15, -0.1) is 0 Å². The highest BCUT2D eigenvalue weighted by molar-refractivity contribution is 9.10. The Morgan fingerprint density at radius 3 is 2.89 bits per heavy atom. The molecular formula is C16H16BrN. The molecule has 0 aromatic heterocycles. The molecule has 0 bridgehead atoms. The van der Waals surface area contributed by atoms with Crippen LogP contribution in [-0.2, 0) is 6.42 Å². The molecule has 0 saturated heterocycles. The summed E-state index contributed by atoms with van der Waals surface area (Å²) in [5, 5.41) is 3.57. The lowest BCUT2D eigenvalue weighted by Crippen LogP contribution is -2.24. The van der Waals surface area contributed by atoms with Gasteiger partial charge in [0.05, 0.1) is 0 Å². The second-order valence-electron chi connectivity index (χ2n) is 4.94. The van der Waals surface area contributed by atoms with Gasteiger partial charge in [-0.25, -0.2) is 0 Å². The maximum Gasteiger partial charge on any atom is 0.0381 e. The Kier molecular flexibility index (Phi) is 3.13. The van der Waals surface area contributed by atoms with Crippen LogP contribution in [0.1, 0.15) is 22.6 Å². The molecule has 18 heavy (non-hydrogen) atoms. The molecule has 1 atom stereocenters. The van der Waals surface area contributed by atoms with Gasteiger partial charge in [0, 0.05) is 22.6 Å². The first-order valence-corrected chi connectivity index (χ1v) is 7.11. The smallest absolute Gasteiger partial charge is 0.0381 e. The lowest BCUT2D eigenvalue weighted by Gasteiger charge is -2.30.